The molecule has 21 heavy (non-hydrogen) atoms. The third-order valence-corrected chi connectivity index (χ3v) is 4.45. The van der Waals surface area contributed by atoms with Gasteiger partial charge in [0.1, 0.15) is 0 Å². The van der Waals surface area contributed by atoms with Gasteiger partial charge in [-0.2, -0.15) is 0 Å². The van der Waals surface area contributed by atoms with Gasteiger partial charge in [-0.1, -0.05) is 36.8 Å². The summed E-state index contributed by atoms with van der Waals surface area (Å²) in [5.41, 5.74) is 2.55. The lowest BCUT2D eigenvalue weighted by Gasteiger charge is -2.24. The van der Waals surface area contributed by atoms with Crippen LogP contribution in [0.15, 0.2) is 24.3 Å². The number of nitrogens with zero attached hydrogens (tertiary/aromatic N) is 1. The van der Waals surface area contributed by atoms with E-state index in [1.165, 1.54) is 11.1 Å². The molecule has 1 rings (SSSR count). The van der Waals surface area contributed by atoms with Crippen molar-refractivity contribution in [3.05, 3.63) is 35.4 Å². The fraction of sp³-hybridized carbons (Fsp3) is 0.588. The van der Waals surface area contributed by atoms with Crippen molar-refractivity contribution in [2.45, 2.75) is 39.5 Å². The van der Waals surface area contributed by atoms with Crippen molar-refractivity contribution in [3.8, 4) is 0 Å². The molecule has 0 saturated heterocycles. The van der Waals surface area contributed by atoms with Crippen LogP contribution in [0, 0.1) is 6.92 Å². The molecule has 0 aliphatic heterocycles. The van der Waals surface area contributed by atoms with Crippen LogP contribution >= 0.6 is 11.8 Å². The highest BCUT2D eigenvalue weighted by molar-refractivity contribution is 7.99. The van der Waals surface area contributed by atoms with Crippen molar-refractivity contribution in [3.63, 3.8) is 0 Å². The molecular formula is C17H28N2OS. The predicted molar refractivity (Wildman–Crippen MR) is 92.7 cm³/mol. The van der Waals surface area contributed by atoms with E-state index >= 15 is 0 Å². The van der Waals surface area contributed by atoms with E-state index in [0.717, 1.165) is 25.4 Å². The number of aryl methyl sites for hydroxylation is 1. The Bertz CT molecular complexity index is 435. The number of carbonyl (C=O) groups is 1. The van der Waals surface area contributed by atoms with Gasteiger partial charge >= 0.3 is 0 Å². The van der Waals surface area contributed by atoms with Crippen LogP contribution < -0.4 is 5.32 Å². The van der Waals surface area contributed by atoms with Crippen LogP contribution in [0.2, 0.25) is 0 Å². The van der Waals surface area contributed by atoms with Crippen LogP contribution in [-0.4, -0.2) is 42.2 Å². The minimum atomic E-state index is 0.132. The summed E-state index contributed by atoms with van der Waals surface area (Å²) in [7, 11) is 0. The van der Waals surface area contributed by atoms with Gasteiger partial charge in [0.15, 0.2) is 0 Å². The SMILES string of the molecule is CCN(CCNC(=O)CSCc1cccc(C)c1)C(C)C. The normalized spacial score (nSPS) is 11.1. The van der Waals surface area contributed by atoms with Crippen LogP contribution in [0.1, 0.15) is 31.9 Å². The van der Waals surface area contributed by atoms with E-state index in [9.17, 15) is 4.79 Å². The van der Waals surface area contributed by atoms with E-state index in [0.29, 0.717) is 11.8 Å². The second kappa shape index (κ2) is 9.85. The third kappa shape index (κ3) is 7.53. The van der Waals surface area contributed by atoms with Gasteiger partial charge in [0.25, 0.3) is 0 Å². The van der Waals surface area contributed by atoms with E-state index in [-0.39, 0.29) is 5.91 Å². The number of carbonyl (C=O) groups excluding carboxylic acids is 1. The molecule has 1 aromatic rings. The standard InChI is InChI=1S/C17H28N2OS/c1-5-19(14(2)3)10-9-18-17(20)13-21-12-16-8-6-7-15(4)11-16/h6-8,11,14H,5,9-10,12-13H2,1-4H3,(H,18,20). The Labute approximate surface area is 133 Å². The van der Waals surface area contributed by atoms with Crippen LogP contribution in [0.3, 0.4) is 0 Å². The highest BCUT2D eigenvalue weighted by Gasteiger charge is 2.07. The number of likely N-dealkylation sites (N-methyl/N-ethyl adjacent to an activating group) is 1. The molecule has 0 aromatic heterocycles. The lowest BCUT2D eigenvalue weighted by molar-refractivity contribution is -0.118. The summed E-state index contributed by atoms with van der Waals surface area (Å²) in [5, 5.41) is 3.00. The Morgan fingerprint density at radius 2 is 2.14 bits per heavy atom. The molecule has 0 fully saturated rings. The Kier molecular flexibility index (Phi) is 8.47. The van der Waals surface area contributed by atoms with Gasteiger partial charge in [-0.3, -0.25) is 9.69 Å². The molecule has 0 aliphatic carbocycles. The molecule has 0 radical (unpaired) electrons. The number of benzene rings is 1. The van der Waals surface area contributed by atoms with Crippen molar-refractivity contribution in [2.75, 3.05) is 25.4 Å². The minimum Gasteiger partial charge on any atom is -0.354 e. The molecule has 0 saturated carbocycles. The molecule has 3 nitrogen and oxygen atoms in total. The number of hydrogen-bond acceptors (Lipinski definition) is 3. The summed E-state index contributed by atoms with van der Waals surface area (Å²) in [4.78, 5) is 14.1. The van der Waals surface area contributed by atoms with Gasteiger partial charge in [-0.15, -0.1) is 11.8 Å². The number of hydrogen-bond donors (Lipinski definition) is 1. The lowest BCUT2D eigenvalue weighted by atomic mass is 10.2. The summed E-state index contributed by atoms with van der Waals surface area (Å²) in [6.07, 6.45) is 0. The minimum absolute atomic E-state index is 0.132. The van der Waals surface area contributed by atoms with Crippen LogP contribution in [0.4, 0.5) is 0 Å². The Hall–Kier alpha value is -1.00. The van der Waals surface area contributed by atoms with Crippen LogP contribution in [0.25, 0.3) is 0 Å². The highest BCUT2D eigenvalue weighted by atomic mass is 32.2. The van der Waals surface area contributed by atoms with E-state index in [4.69, 9.17) is 0 Å². The third-order valence-electron chi connectivity index (χ3n) is 3.44. The van der Waals surface area contributed by atoms with Gasteiger partial charge in [0, 0.05) is 24.9 Å². The quantitative estimate of drug-likeness (QED) is 0.761. The zero-order valence-electron chi connectivity index (χ0n) is 13.7. The fourth-order valence-corrected chi connectivity index (χ4v) is 3.04. The van der Waals surface area contributed by atoms with Crippen molar-refractivity contribution in [1.29, 1.82) is 0 Å². The first-order chi connectivity index (χ1) is 10.0. The first-order valence-electron chi connectivity index (χ1n) is 7.67. The zero-order chi connectivity index (χ0) is 15.7. The zero-order valence-corrected chi connectivity index (χ0v) is 14.5. The molecule has 4 heteroatoms. The summed E-state index contributed by atoms with van der Waals surface area (Å²) < 4.78 is 0. The first kappa shape index (κ1) is 18.1. The van der Waals surface area contributed by atoms with E-state index in [2.05, 4.69) is 62.2 Å². The van der Waals surface area contributed by atoms with Crippen LogP contribution in [-0.2, 0) is 10.5 Å². The maximum absolute atomic E-state index is 11.8. The number of rotatable bonds is 9. The van der Waals surface area contributed by atoms with Crippen molar-refractivity contribution >= 4 is 17.7 Å². The monoisotopic (exact) mass is 308 g/mol. The highest BCUT2D eigenvalue weighted by Crippen LogP contribution is 2.13. The van der Waals surface area contributed by atoms with Gasteiger partial charge < -0.3 is 5.32 Å². The van der Waals surface area contributed by atoms with Crippen molar-refractivity contribution < 1.29 is 4.79 Å². The van der Waals surface area contributed by atoms with E-state index in [1.54, 1.807) is 11.8 Å². The molecule has 1 aromatic carbocycles. The largest absolute Gasteiger partial charge is 0.354 e. The number of thioether (sulfide) groups is 1. The fourth-order valence-electron chi connectivity index (χ4n) is 2.23. The second-order valence-corrected chi connectivity index (χ2v) is 6.54. The molecule has 0 heterocycles. The predicted octanol–water partition coefficient (Wildman–Crippen LogP) is 3.07. The Morgan fingerprint density at radius 3 is 2.76 bits per heavy atom. The topological polar surface area (TPSA) is 32.3 Å². The summed E-state index contributed by atoms with van der Waals surface area (Å²) in [6.45, 7) is 11.3. The molecule has 0 aliphatic rings. The van der Waals surface area contributed by atoms with Crippen molar-refractivity contribution in [1.82, 2.24) is 10.2 Å². The number of amides is 1. The molecular weight excluding hydrogens is 280 g/mol. The maximum Gasteiger partial charge on any atom is 0.230 e. The van der Waals surface area contributed by atoms with Gasteiger partial charge in [0.2, 0.25) is 5.91 Å². The molecule has 1 N–H and O–H groups in total. The van der Waals surface area contributed by atoms with Crippen molar-refractivity contribution in [2.24, 2.45) is 0 Å². The molecule has 0 unspecified atom stereocenters. The van der Waals surface area contributed by atoms with Crippen LogP contribution in [0.5, 0.6) is 0 Å². The van der Waals surface area contributed by atoms with Gasteiger partial charge in [-0.25, -0.2) is 0 Å². The molecule has 1 amide bonds. The Balaban J connectivity index is 2.17. The summed E-state index contributed by atoms with van der Waals surface area (Å²) >= 11 is 1.67. The second-order valence-electron chi connectivity index (χ2n) is 5.55. The average molecular weight is 308 g/mol. The van der Waals surface area contributed by atoms with Gasteiger partial charge in [0.05, 0.1) is 5.75 Å². The first-order valence-corrected chi connectivity index (χ1v) is 8.82. The molecule has 118 valence electrons. The summed E-state index contributed by atoms with van der Waals surface area (Å²) in [5.74, 6) is 1.55. The smallest absolute Gasteiger partial charge is 0.230 e. The van der Waals surface area contributed by atoms with Gasteiger partial charge in [-0.05, 0) is 32.9 Å². The summed E-state index contributed by atoms with van der Waals surface area (Å²) in [6, 6.07) is 8.97. The lowest BCUT2D eigenvalue weighted by Crippen LogP contribution is -2.38. The maximum atomic E-state index is 11.8. The van der Waals surface area contributed by atoms with E-state index in [1.807, 2.05) is 0 Å². The molecule has 0 atom stereocenters. The number of nitrogens with one attached hydrogen (secondary N) is 1. The molecule has 0 bridgehead atoms. The molecule has 0 spiro atoms. The average Bonchev–Trinajstić information content (AvgIpc) is 2.43. The Morgan fingerprint density at radius 1 is 1.38 bits per heavy atom. The van der Waals surface area contributed by atoms with E-state index < -0.39 is 0 Å².